The normalized spacial score (nSPS) is 10.9. The van der Waals surface area contributed by atoms with Crippen molar-refractivity contribution in [3.63, 3.8) is 0 Å². The van der Waals surface area contributed by atoms with Gasteiger partial charge >= 0.3 is 0 Å². The van der Waals surface area contributed by atoms with E-state index in [9.17, 15) is 0 Å². The van der Waals surface area contributed by atoms with E-state index in [2.05, 4.69) is 12.2 Å². The standard InChI is InChI=1S/C12H20ClNOS/c1-2-3-6-15-7-4-5-14-9-12-8-11(13)10-16-12/h8,10,14H,2-7,9H2,1H3. The maximum atomic E-state index is 5.83. The molecule has 92 valence electrons. The van der Waals surface area contributed by atoms with Gasteiger partial charge in [-0.1, -0.05) is 24.9 Å². The van der Waals surface area contributed by atoms with Crippen molar-refractivity contribution in [3.8, 4) is 0 Å². The third-order valence-electron chi connectivity index (χ3n) is 2.21. The van der Waals surface area contributed by atoms with Crippen LogP contribution in [0.15, 0.2) is 11.4 Å². The van der Waals surface area contributed by atoms with E-state index >= 15 is 0 Å². The van der Waals surface area contributed by atoms with Crippen molar-refractivity contribution in [3.05, 3.63) is 21.3 Å². The Hall–Kier alpha value is -0.0900. The summed E-state index contributed by atoms with van der Waals surface area (Å²) < 4.78 is 5.47. The first-order valence-corrected chi connectivity index (χ1v) is 7.10. The molecule has 0 fully saturated rings. The first-order chi connectivity index (χ1) is 7.83. The molecule has 0 saturated heterocycles. The second kappa shape index (κ2) is 8.99. The highest BCUT2D eigenvalue weighted by atomic mass is 35.5. The molecular weight excluding hydrogens is 242 g/mol. The van der Waals surface area contributed by atoms with Crippen LogP contribution in [0, 0.1) is 0 Å². The lowest BCUT2D eigenvalue weighted by Gasteiger charge is -2.04. The second-order valence-corrected chi connectivity index (χ2v) is 5.16. The van der Waals surface area contributed by atoms with Gasteiger partial charge in [0.15, 0.2) is 0 Å². The fourth-order valence-corrected chi connectivity index (χ4v) is 2.35. The van der Waals surface area contributed by atoms with Gasteiger partial charge in [0.2, 0.25) is 0 Å². The fourth-order valence-electron chi connectivity index (χ4n) is 1.31. The van der Waals surface area contributed by atoms with Gasteiger partial charge in [-0.25, -0.2) is 0 Å². The Morgan fingerprint density at radius 1 is 1.38 bits per heavy atom. The van der Waals surface area contributed by atoms with Gasteiger partial charge in [-0.05, 0) is 25.5 Å². The van der Waals surface area contributed by atoms with Gasteiger partial charge in [-0.2, -0.15) is 0 Å². The Balaban J connectivity index is 1.88. The molecule has 1 aromatic rings. The molecule has 2 nitrogen and oxygen atoms in total. The van der Waals surface area contributed by atoms with Crippen LogP contribution in [-0.4, -0.2) is 19.8 Å². The minimum atomic E-state index is 0.838. The predicted molar refractivity (Wildman–Crippen MR) is 71.4 cm³/mol. The van der Waals surface area contributed by atoms with Crippen molar-refractivity contribution in [1.82, 2.24) is 5.32 Å². The Labute approximate surface area is 107 Å². The van der Waals surface area contributed by atoms with Crippen LogP contribution in [-0.2, 0) is 11.3 Å². The van der Waals surface area contributed by atoms with E-state index in [1.54, 1.807) is 11.3 Å². The molecule has 0 aliphatic rings. The lowest BCUT2D eigenvalue weighted by Crippen LogP contribution is -2.15. The fraction of sp³-hybridized carbons (Fsp3) is 0.667. The first kappa shape index (κ1) is 14.0. The predicted octanol–water partition coefficient (Wildman–Crippen LogP) is 3.70. The first-order valence-electron chi connectivity index (χ1n) is 5.84. The Bertz CT molecular complexity index is 278. The summed E-state index contributed by atoms with van der Waals surface area (Å²) in [4.78, 5) is 1.29. The smallest absolute Gasteiger partial charge is 0.0516 e. The van der Waals surface area contributed by atoms with Crippen LogP contribution >= 0.6 is 22.9 Å². The van der Waals surface area contributed by atoms with Crippen molar-refractivity contribution in [2.75, 3.05) is 19.8 Å². The molecule has 0 radical (unpaired) electrons. The van der Waals surface area contributed by atoms with Crippen molar-refractivity contribution in [2.45, 2.75) is 32.7 Å². The molecule has 0 amide bonds. The number of hydrogen-bond donors (Lipinski definition) is 1. The third kappa shape index (κ3) is 6.48. The maximum Gasteiger partial charge on any atom is 0.0516 e. The van der Waals surface area contributed by atoms with E-state index in [4.69, 9.17) is 16.3 Å². The molecule has 0 bridgehead atoms. The average molecular weight is 262 g/mol. The summed E-state index contributed by atoms with van der Waals surface area (Å²) in [5.41, 5.74) is 0. The number of halogens is 1. The quantitative estimate of drug-likeness (QED) is 0.685. The van der Waals surface area contributed by atoms with Gasteiger partial charge < -0.3 is 10.1 Å². The SMILES string of the molecule is CCCCOCCCNCc1cc(Cl)cs1. The molecule has 1 aromatic heterocycles. The average Bonchev–Trinajstić information content (AvgIpc) is 2.68. The summed E-state index contributed by atoms with van der Waals surface area (Å²) in [6, 6.07) is 2.01. The van der Waals surface area contributed by atoms with Crippen LogP contribution in [0.3, 0.4) is 0 Å². The molecule has 1 rings (SSSR count). The van der Waals surface area contributed by atoms with Crippen molar-refractivity contribution < 1.29 is 4.74 Å². The zero-order chi connectivity index (χ0) is 11.6. The summed E-state index contributed by atoms with van der Waals surface area (Å²) in [6.07, 6.45) is 3.45. The van der Waals surface area contributed by atoms with Crippen molar-refractivity contribution in [2.24, 2.45) is 0 Å². The summed E-state index contributed by atoms with van der Waals surface area (Å²) in [6.45, 7) is 5.85. The molecule has 1 heterocycles. The maximum absolute atomic E-state index is 5.83. The number of ether oxygens (including phenoxy) is 1. The largest absolute Gasteiger partial charge is 0.381 e. The van der Waals surface area contributed by atoms with Crippen LogP contribution < -0.4 is 5.32 Å². The van der Waals surface area contributed by atoms with Crippen molar-refractivity contribution >= 4 is 22.9 Å². The number of nitrogens with one attached hydrogen (secondary N) is 1. The molecular formula is C12H20ClNOS. The molecule has 1 N–H and O–H groups in total. The van der Waals surface area contributed by atoms with Crippen molar-refractivity contribution in [1.29, 1.82) is 0 Å². The second-order valence-electron chi connectivity index (χ2n) is 3.73. The molecule has 0 saturated carbocycles. The molecule has 0 aliphatic heterocycles. The van der Waals surface area contributed by atoms with E-state index in [-0.39, 0.29) is 0 Å². The van der Waals surface area contributed by atoms with Crippen LogP contribution in [0.1, 0.15) is 31.1 Å². The highest BCUT2D eigenvalue weighted by Crippen LogP contribution is 2.18. The summed E-state index contributed by atoms with van der Waals surface area (Å²) in [5, 5.41) is 6.18. The zero-order valence-electron chi connectivity index (χ0n) is 9.80. The van der Waals surface area contributed by atoms with Crippen LogP contribution in [0.4, 0.5) is 0 Å². The van der Waals surface area contributed by atoms with E-state index in [1.807, 2.05) is 11.4 Å². The van der Waals surface area contributed by atoms with E-state index in [0.717, 1.165) is 37.7 Å². The van der Waals surface area contributed by atoms with Gasteiger partial charge in [0, 0.05) is 30.0 Å². The van der Waals surface area contributed by atoms with Crippen LogP contribution in [0.5, 0.6) is 0 Å². The third-order valence-corrected chi connectivity index (χ3v) is 3.49. The molecule has 0 atom stereocenters. The molecule has 0 unspecified atom stereocenters. The Morgan fingerprint density at radius 3 is 2.88 bits per heavy atom. The lowest BCUT2D eigenvalue weighted by atomic mass is 10.3. The summed E-state index contributed by atoms with van der Waals surface area (Å²) in [7, 11) is 0. The monoisotopic (exact) mass is 261 g/mol. The number of hydrogen-bond acceptors (Lipinski definition) is 3. The number of thiophene rings is 1. The lowest BCUT2D eigenvalue weighted by molar-refractivity contribution is 0.129. The van der Waals surface area contributed by atoms with Gasteiger partial charge in [0.05, 0.1) is 5.02 Å². The minimum Gasteiger partial charge on any atom is -0.381 e. The van der Waals surface area contributed by atoms with Gasteiger partial charge in [0.1, 0.15) is 0 Å². The van der Waals surface area contributed by atoms with Crippen LogP contribution in [0.25, 0.3) is 0 Å². The highest BCUT2D eigenvalue weighted by Gasteiger charge is 1.96. The Kier molecular flexibility index (Phi) is 7.85. The minimum absolute atomic E-state index is 0.838. The molecule has 0 aromatic carbocycles. The number of unbranched alkanes of at least 4 members (excludes halogenated alkanes) is 1. The molecule has 16 heavy (non-hydrogen) atoms. The van der Waals surface area contributed by atoms with Crippen LogP contribution in [0.2, 0.25) is 5.02 Å². The molecule has 0 aliphatic carbocycles. The summed E-state index contributed by atoms with van der Waals surface area (Å²) >= 11 is 7.53. The van der Waals surface area contributed by atoms with Gasteiger partial charge in [0.25, 0.3) is 0 Å². The van der Waals surface area contributed by atoms with Gasteiger partial charge in [-0.15, -0.1) is 11.3 Å². The molecule has 0 spiro atoms. The Morgan fingerprint density at radius 2 is 2.19 bits per heavy atom. The van der Waals surface area contributed by atoms with E-state index in [0.29, 0.717) is 0 Å². The van der Waals surface area contributed by atoms with E-state index in [1.165, 1.54) is 17.7 Å². The topological polar surface area (TPSA) is 21.3 Å². The zero-order valence-corrected chi connectivity index (χ0v) is 11.4. The highest BCUT2D eigenvalue weighted by molar-refractivity contribution is 7.10. The summed E-state index contributed by atoms with van der Waals surface area (Å²) in [5.74, 6) is 0. The van der Waals surface area contributed by atoms with E-state index < -0.39 is 0 Å². The van der Waals surface area contributed by atoms with Gasteiger partial charge in [-0.3, -0.25) is 0 Å². The molecule has 4 heteroatoms. The number of rotatable bonds is 9.